The molecule has 0 bridgehead atoms. The van der Waals surface area contributed by atoms with Gasteiger partial charge < -0.3 is 33.8 Å². The van der Waals surface area contributed by atoms with Gasteiger partial charge in [-0.15, -0.1) is 0 Å². The number of phosphoric ester groups is 2. The molecule has 5 atom stereocenters. The van der Waals surface area contributed by atoms with Crippen molar-refractivity contribution in [3.63, 3.8) is 0 Å². The number of ether oxygens (including phenoxy) is 4. The van der Waals surface area contributed by atoms with Gasteiger partial charge in [-0.3, -0.25) is 37.3 Å². The molecule has 0 aromatic carbocycles. The minimum absolute atomic E-state index is 0.105. The molecule has 0 amide bonds. The van der Waals surface area contributed by atoms with Crippen molar-refractivity contribution in [1.82, 2.24) is 0 Å². The summed E-state index contributed by atoms with van der Waals surface area (Å²) >= 11 is 0. The molecule has 0 spiro atoms. The van der Waals surface area contributed by atoms with Crippen molar-refractivity contribution in [3.8, 4) is 0 Å². The summed E-state index contributed by atoms with van der Waals surface area (Å²) < 4.78 is 68.2. The van der Waals surface area contributed by atoms with Gasteiger partial charge in [-0.1, -0.05) is 299 Å². The second-order valence-electron chi connectivity index (χ2n) is 26.7. The lowest BCUT2D eigenvalue weighted by Crippen LogP contribution is -2.30. The molecule has 0 saturated heterocycles. The predicted octanol–water partition coefficient (Wildman–Crippen LogP) is 19.8. The molecule has 0 radical (unpaired) electrons. The van der Waals surface area contributed by atoms with Gasteiger partial charge in [-0.05, 0) is 43.4 Å². The van der Waals surface area contributed by atoms with Gasteiger partial charge in [0.25, 0.3) is 0 Å². The monoisotopic (exact) mass is 1310 g/mol. The Morgan fingerprint density at radius 2 is 0.517 bits per heavy atom. The smallest absolute Gasteiger partial charge is 0.462 e. The van der Waals surface area contributed by atoms with Crippen molar-refractivity contribution in [2.24, 2.45) is 17.8 Å². The average Bonchev–Trinajstić information content (AvgIpc) is 3.50. The van der Waals surface area contributed by atoms with Crippen LogP contribution in [0.1, 0.15) is 350 Å². The van der Waals surface area contributed by atoms with Crippen molar-refractivity contribution in [2.75, 3.05) is 39.6 Å². The molecule has 0 aromatic heterocycles. The van der Waals surface area contributed by atoms with Gasteiger partial charge in [0.05, 0.1) is 26.4 Å². The Morgan fingerprint density at radius 1 is 0.303 bits per heavy atom. The van der Waals surface area contributed by atoms with Crippen molar-refractivity contribution in [1.29, 1.82) is 0 Å². The maximum Gasteiger partial charge on any atom is 0.472 e. The van der Waals surface area contributed by atoms with Crippen LogP contribution in [0.5, 0.6) is 0 Å². The number of unbranched alkanes of at least 4 members (excludes halogenated alkanes) is 36. The molecule has 0 aliphatic carbocycles. The van der Waals surface area contributed by atoms with Gasteiger partial charge >= 0.3 is 39.5 Å². The largest absolute Gasteiger partial charge is 0.472 e. The summed E-state index contributed by atoms with van der Waals surface area (Å²) in [5, 5.41) is 10.6. The van der Waals surface area contributed by atoms with Gasteiger partial charge in [0, 0.05) is 25.7 Å². The van der Waals surface area contributed by atoms with E-state index in [0.717, 1.165) is 120 Å². The predicted molar refractivity (Wildman–Crippen MR) is 358 cm³/mol. The highest BCUT2D eigenvalue weighted by atomic mass is 31.2. The Hall–Kier alpha value is -1.94. The molecule has 0 aromatic rings. The Balaban J connectivity index is 5.21. The zero-order valence-corrected chi connectivity index (χ0v) is 59.7. The van der Waals surface area contributed by atoms with Gasteiger partial charge in [0.1, 0.15) is 19.3 Å². The number of hydrogen-bond donors (Lipinski definition) is 3. The summed E-state index contributed by atoms with van der Waals surface area (Å²) in [6, 6.07) is 0. The summed E-state index contributed by atoms with van der Waals surface area (Å²) in [5.74, 6) is 0.160. The molecule has 0 rings (SSSR count). The lowest BCUT2D eigenvalue weighted by atomic mass is 10.0. The molecule has 0 fully saturated rings. The summed E-state index contributed by atoms with van der Waals surface area (Å²) in [6.45, 7) is 11.8. The zero-order valence-electron chi connectivity index (χ0n) is 57.9. The molecular weight excluding hydrogens is 1170 g/mol. The highest BCUT2D eigenvalue weighted by Crippen LogP contribution is 2.45. The molecule has 528 valence electrons. The van der Waals surface area contributed by atoms with Gasteiger partial charge in [0.15, 0.2) is 12.2 Å². The van der Waals surface area contributed by atoms with Crippen LogP contribution in [0.2, 0.25) is 0 Å². The fourth-order valence-corrected chi connectivity index (χ4v) is 12.1. The molecule has 0 saturated carbocycles. The first kappa shape index (κ1) is 87.1. The third kappa shape index (κ3) is 64.6. The first-order chi connectivity index (χ1) is 42.7. The molecule has 0 aliphatic heterocycles. The van der Waals surface area contributed by atoms with E-state index in [9.17, 15) is 43.2 Å². The number of esters is 4. The topological polar surface area (TPSA) is 237 Å². The maximum absolute atomic E-state index is 13.0. The van der Waals surface area contributed by atoms with Gasteiger partial charge in [0.2, 0.25) is 0 Å². The van der Waals surface area contributed by atoms with Crippen LogP contribution in [-0.4, -0.2) is 96.7 Å². The van der Waals surface area contributed by atoms with Gasteiger partial charge in [-0.2, -0.15) is 0 Å². The lowest BCUT2D eigenvalue weighted by molar-refractivity contribution is -0.161. The van der Waals surface area contributed by atoms with E-state index in [1.165, 1.54) is 148 Å². The third-order valence-corrected chi connectivity index (χ3v) is 18.0. The van der Waals surface area contributed by atoms with E-state index >= 15 is 0 Å². The number of rotatable bonds is 68. The van der Waals surface area contributed by atoms with E-state index < -0.39 is 97.5 Å². The lowest BCUT2D eigenvalue weighted by Gasteiger charge is -2.21. The quantitative estimate of drug-likeness (QED) is 0.0222. The maximum atomic E-state index is 13.0. The van der Waals surface area contributed by atoms with Crippen molar-refractivity contribution < 1.29 is 80.2 Å². The van der Waals surface area contributed by atoms with Crippen LogP contribution in [0.15, 0.2) is 0 Å². The van der Waals surface area contributed by atoms with Crippen LogP contribution in [0.4, 0.5) is 0 Å². The number of aliphatic hydroxyl groups excluding tert-OH is 1. The van der Waals surface area contributed by atoms with Crippen LogP contribution < -0.4 is 0 Å². The third-order valence-electron chi connectivity index (χ3n) is 16.1. The summed E-state index contributed by atoms with van der Waals surface area (Å²) in [4.78, 5) is 72.4. The number of hydrogen-bond acceptors (Lipinski definition) is 15. The highest BCUT2D eigenvalue weighted by molar-refractivity contribution is 7.47. The van der Waals surface area contributed by atoms with E-state index in [1.54, 1.807) is 0 Å². The van der Waals surface area contributed by atoms with E-state index in [1.807, 2.05) is 0 Å². The van der Waals surface area contributed by atoms with Crippen molar-refractivity contribution >= 4 is 39.5 Å². The zero-order chi connectivity index (χ0) is 65.9. The summed E-state index contributed by atoms with van der Waals surface area (Å²) in [7, 11) is -9.90. The minimum atomic E-state index is -4.95. The summed E-state index contributed by atoms with van der Waals surface area (Å²) in [5.41, 5.74) is 0. The van der Waals surface area contributed by atoms with E-state index in [-0.39, 0.29) is 25.7 Å². The van der Waals surface area contributed by atoms with Crippen LogP contribution in [0.25, 0.3) is 0 Å². The first-order valence-corrected chi connectivity index (χ1v) is 39.3. The highest BCUT2D eigenvalue weighted by Gasteiger charge is 2.30. The molecule has 17 nitrogen and oxygen atoms in total. The Bertz CT molecular complexity index is 1750. The number of aliphatic hydroxyl groups is 1. The number of phosphoric acid groups is 2. The molecule has 3 N–H and O–H groups in total. The first-order valence-electron chi connectivity index (χ1n) is 36.3. The molecule has 2 unspecified atom stereocenters. The standard InChI is InChI=1S/C70H136O17P2/c1-8-9-10-11-27-37-44-51-67(72)80-57-65(86-70(75)54-47-40-33-26-20-23-30-36-43-50-63(6)7)59-84-88(76,77)82-55-64(71)56-83-89(78,79)85-60-66(58-81-68(73)52-45-38-31-24-19-18-22-29-35-42-49-62(4)5)87-69(74)53-46-39-32-25-17-15-13-12-14-16-21-28-34-41-48-61(2)3/h61-66,71H,8-60H2,1-7H3,(H,76,77)(H,78,79)/t64-,65+,66+/m0/s1. The van der Waals surface area contributed by atoms with Gasteiger partial charge in [-0.25, -0.2) is 9.13 Å². The second kappa shape index (κ2) is 61.0. The molecule has 0 heterocycles. The fraction of sp³-hybridized carbons (Fsp3) is 0.943. The van der Waals surface area contributed by atoms with Crippen LogP contribution in [0.3, 0.4) is 0 Å². The SMILES string of the molecule is CCCCCCCCCC(=O)OC[C@H](COP(=O)(O)OC[C@H](O)COP(=O)(O)OC[C@@H](COC(=O)CCCCCCCCCCCCC(C)C)OC(=O)CCCCCCCCCCCCCCCCC(C)C)OC(=O)CCCCCCCCCCCC(C)C. The van der Waals surface area contributed by atoms with Crippen LogP contribution in [0, 0.1) is 17.8 Å². The van der Waals surface area contributed by atoms with Crippen LogP contribution in [-0.2, 0) is 65.4 Å². The van der Waals surface area contributed by atoms with E-state index in [0.29, 0.717) is 25.7 Å². The van der Waals surface area contributed by atoms with Crippen molar-refractivity contribution in [3.05, 3.63) is 0 Å². The van der Waals surface area contributed by atoms with E-state index in [4.69, 9.17) is 37.0 Å². The summed E-state index contributed by atoms with van der Waals surface area (Å²) in [6.07, 6.45) is 44.5. The number of carbonyl (C=O) groups excluding carboxylic acids is 4. The second-order valence-corrected chi connectivity index (χ2v) is 29.6. The fourth-order valence-electron chi connectivity index (χ4n) is 10.5. The van der Waals surface area contributed by atoms with Crippen molar-refractivity contribution in [2.45, 2.75) is 369 Å². The van der Waals surface area contributed by atoms with E-state index in [2.05, 4.69) is 48.5 Å². The minimum Gasteiger partial charge on any atom is -0.462 e. The number of carbonyl (C=O) groups is 4. The molecular formula is C70H136O17P2. The molecule has 89 heavy (non-hydrogen) atoms. The molecule has 19 heteroatoms. The Morgan fingerprint density at radius 3 is 0.764 bits per heavy atom. The average molecular weight is 1310 g/mol. The normalized spacial score (nSPS) is 14.2. The molecule has 0 aliphatic rings. The Labute approximate surface area is 543 Å². The Kier molecular flexibility index (Phi) is 59.6. The van der Waals surface area contributed by atoms with Crippen LogP contribution >= 0.6 is 15.6 Å².